The van der Waals surface area contributed by atoms with Crippen LogP contribution in [-0.4, -0.2) is 29.8 Å². The average Bonchev–Trinajstić information content (AvgIpc) is 2.79. The van der Waals surface area contributed by atoms with Crippen LogP contribution < -0.4 is 10.6 Å². The van der Waals surface area contributed by atoms with Crippen LogP contribution in [0.4, 0.5) is 4.79 Å². The van der Waals surface area contributed by atoms with E-state index in [1.165, 1.54) is 25.7 Å². The molecule has 0 bridgehead atoms. The van der Waals surface area contributed by atoms with Crippen molar-refractivity contribution in [3.05, 3.63) is 0 Å². The van der Waals surface area contributed by atoms with Crippen molar-refractivity contribution < 1.29 is 9.53 Å². The molecule has 0 aromatic heterocycles. The Hall–Kier alpha value is -0.770. The lowest BCUT2D eigenvalue weighted by Gasteiger charge is -2.28. The molecule has 0 spiro atoms. The summed E-state index contributed by atoms with van der Waals surface area (Å²) in [5.41, 5.74) is -0.432. The van der Waals surface area contributed by atoms with Crippen LogP contribution in [0.5, 0.6) is 0 Å². The molecule has 0 heterocycles. The molecule has 21 heavy (non-hydrogen) atoms. The maximum Gasteiger partial charge on any atom is 0.407 e. The smallest absolute Gasteiger partial charge is 0.407 e. The quantitative estimate of drug-likeness (QED) is 0.747. The number of hydrogen-bond acceptors (Lipinski definition) is 3. The zero-order valence-corrected chi connectivity index (χ0v) is 14.5. The maximum absolute atomic E-state index is 11.9. The molecule has 0 radical (unpaired) electrons. The minimum atomic E-state index is -0.432. The molecule has 0 aromatic carbocycles. The topological polar surface area (TPSA) is 50.4 Å². The first-order chi connectivity index (χ1) is 9.85. The highest BCUT2D eigenvalue weighted by Gasteiger charge is 2.31. The molecule has 1 rings (SSSR count). The first-order valence-electron chi connectivity index (χ1n) is 8.61. The zero-order chi connectivity index (χ0) is 15.9. The van der Waals surface area contributed by atoms with Crippen molar-refractivity contribution in [1.29, 1.82) is 0 Å². The lowest BCUT2D eigenvalue weighted by molar-refractivity contribution is 0.0496. The van der Waals surface area contributed by atoms with Crippen molar-refractivity contribution in [3.8, 4) is 0 Å². The molecule has 0 saturated heterocycles. The SMILES string of the molecule is CCCCC(CC)NC1CCCC1NC(=O)OC(C)(C)C. The first-order valence-corrected chi connectivity index (χ1v) is 8.61. The fourth-order valence-electron chi connectivity index (χ4n) is 2.95. The lowest BCUT2D eigenvalue weighted by Crippen LogP contribution is -2.50. The molecule has 1 aliphatic carbocycles. The fraction of sp³-hybridized carbons (Fsp3) is 0.941. The van der Waals surface area contributed by atoms with E-state index >= 15 is 0 Å². The summed E-state index contributed by atoms with van der Waals surface area (Å²) in [6.07, 6.45) is 7.94. The van der Waals surface area contributed by atoms with Gasteiger partial charge in [-0.15, -0.1) is 0 Å². The Bertz CT molecular complexity index is 312. The summed E-state index contributed by atoms with van der Waals surface area (Å²) in [6, 6.07) is 1.16. The second kappa shape index (κ2) is 8.62. The van der Waals surface area contributed by atoms with Gasteiger partial charge >= 0.3 is 6.09 Å². The largest absolute Gasteiger partial charge is 0.444 e. The number of alkyl carbamates (subject to hydrolysis) is 1. The van der Waals surface area contributed by atoms with E-state index in [2.05, 4.69) is 24.5 Å². The van der Waals surface area contributed by atoms with Gasteiger partial charge in [-0.3, -0.25) is 0 Å². The Labute approximate surface area is 130 Å². The minimum absolute atomic E-state index is 0.204. The summed E-state index contributed by atoms with van der Waals surface area (Å²) in [7, 11) is 0. The standard InChI is InChI=1S/C17H34N2O2/c1-6-8-10-13(7-2)18-14-11-9-12-15(14)19-16(20)21-17(3,4)5/h13-15,18H,6-12H2,1-5H3,(H,19,20). The molecule has 0 aliphatic heterocycles. The van der Waals surface area contributed by atoms with Gasteiger partial charge in [-0.25, -0.2) is 4.79 Å². The van der Waals surface area contributed by atoms with Gasteiger partial charge in [-0.05, 0) is 52.9 Å². The number of unbranched alkanes of at least 4 members (excludes halogenated alkanes) is 1. The second-order valence-electron chi connectivity index (χ2n) is 7.20. The molecule has 124 valence electrons. The third-order valence-corrected chi connectivity index (χ3v) is 4.07. The average molecular weight is 298 g/mol. The van der Waals surface area contributed by atoms with Gasteiger partial charge in [0.2, 0.25) is 0 Å². The minimum Gasteiger partial charge on any atom is -0.444 e. The molecule has 1 aliphatic rings. The number of carbonyl (C=O) groups excluding carboxylic acids is 1. The van der Waals surface area contributed by atoms with Crippen LogP contribution >= 0.6 is 0 Å². The number of carbonyl (C=O) groups is 1. The van der Waals surface area contributed by atoms with Gasteiger partial charge in [0, 0.05) is 18.1 Å². The van der Waals surface area contributed by atoms with E-state index < -0.39 is 5.60 Å². The van der Waals surface area contributed by atoms with E-state index in [1.54, 1.807) is 0 Å². The first kappa shape index (κ1) is 18.3. The van der Waals surface area contributed by atoms with Crippen LogP contribution in [0.25, 0.3) is 0 Å². The number of ether oxygens (including phenoxy) is 1. The number of amides is 1. The van der Waals surface area contributed by atoms with Gasteiger partial charge in [-0.1, -0.05) is 26.7 Å². The lowest BCUT2D eigenvalue weighted by atomic mass is 10.0. The number of nitrogens with one attached hydrogen (secondary N) is 2. The van der Waals surface area contributed by atoms with Gasteiger partial charge in [0.15, 0.2) is 0 Å². The van der Waals surface area contributed by atoms with Crippen LogP contribution in [0.15, 0.2) is 0 Å². The summed E-state index contributed by atoms with van der Waals surface area (Å²) in [5, 5.41) is 6.80. The van der Waals surface area contributed by atoms with Crippen LogP contribution in [0.3, 0.4) is 0 Å². The second-order valence-corrected chi connectivity index (χ2v) is 7.20. The van der Waals surface area contributed by atoms with Crippen molar-refractivity contribution >= 4 is 6.09 Å². The summed E-state index contributed by atoms with van der Waals surface area (Å²) < 4.78 is 5.37. The van der Waals surface area contributed by atoms with E-state index in [9.17, 15) is 4.79 Å². The van der Waals surface area contributed by atoms with Crippen LogP contribution in [-0.2, 0) is 4.74 Å². The van der Waals surface area contributed by atoms with Crippen molar-refractivity contribution in [1.82, 2.24) is 10.6 Å². The molecule has 3 unspecified atom stereocenters. The Morgan fingerprint density at radius 2 is 1.90 bits per heavy atom. The fourth-order valence-corrected chi connectivity index (χ4v) is 2.95. The maximum atomic E-state index is 11.9. The Morgan fingerprint density at radius 3 is 2.48 bits per heavy atom. The van der Waals surface area contributed by atoms with Gasteiger partial charge < -0.3 is 15.4 Å². The predicted octanol–water partition coefficient (Wildman–Crippen LogP) is 3.99. The molecule has 2 N–H and O–H groups in total. The summed E-state index contributed by atoms with van der Waals surface area (Å²) in [5.74, 6) is 0. The van der Waals surface area contributed by atoms with Gasteiger partial charge in [-0.2, -0.15) is 0 Å². The van der Waals surface area contributed by atoms with E-state index in [-0.39, 0.29) is 12.1 Å². The molecular weight excluding hydrogens is 264 g/mol. The van der Waals surface area contributed by atoms with Crippen molar-refractivity contribution in [2.24, 2.45) is 0 Å². The Balaban J connectivity index is 2.45. The molecule has 4 heteroatoms. The molecule has 4 nitrogen and oxygen atoms in total. The van der Waals surface area contributed by atoms with E-state index in [1.807, 2.05) is 20.8 Å². The van der Waals surface area contributed by atoms with Crippen LogP contribution in [0.2, 0.25) is 0 Å². The molecule has 0 aromatic rings. The Kier molecular flexibility index (Phi) is 7.50. The molecular formula is C17H34N2O2. The van der Waals surface area contributed by atoms with Crippen LogP contribution in [0.1, 0.15) is 79.6 Å². The monoisotopic (exact) mass is 298 g/mol. The van der Waals surface area contributed by atoms with Gasteiger partial charge in [0.05, 0.1) is 0 Å². The molecule has 3 atom stereocenters. The van der Waals surface area contributed by atoms with Crippen molar-refractivity contribution in [2.75, 3.05) is 0 Å². The van der Waals surface area contributed by atoms with E-state index in [0.29, 0.717) is 12.1 Å². The molecule has 1 amide bonds. The molecule has 1 fully saturated rings. The highest BCUT2D eigenvalue weighted by molar-refractivity contribution is 5.68. The van der Waals surface area contributed by atoms with E-state index in [0.717, 1.165) is 19.3 Å². The third-order valence-electron chi connectivity index (χ3n) is 4.07. The molecule has 1 saturated carbocycles. The zero-order valence-electron chi connectivity index (χ0n) is 14.5. The predicted molar refractivity (Wildman–Crippen MR) is 87.5 cm³/mol. The highest BCUT2D eigenvalue weighted by Crippen LogP contribution is 2.21. The van der Waals surface area contributed by atoms with Crippen molar-refractivity contribution in [3.63, 3.8) is 0 Å². The van der Waals surface area contributed by atoms with E-state index in [4.69, 9.17) is 4.74 Å². The summed E-state index contributed by atoms with van der Waals surface area (Å²) >= 11 is 0. The van der Waals surface area contributed by atoms with Crippen molar-refractivity contribution in [2.45, 2.75) is 103 Å². The van der Waals surface area contributed by atoms with Gasteiger partial charge in [0.1, 0.15) is 5.60 Å². The van der Waals surface area contributed by atoms with Crippen LogP contribution in [0, 0.1) is 0 Å². The summed E-state index contributed by atoms with van der Waals surface area (Å²) in [4.78, 5) is 11.9. The normalized spacial score (nSPS) is 23.9. The highest BCUT2D eigenvalue weighted by atomic mass is 16.6. The summed E-state index contributed by atoms with van der Waals surface area (Å²) in [6.45, 7) is 10.2. The number of rotatable bonds is 7. The van der Waals surface area contributed by atoms with Gasteiger partial charge in [0.25, 0.3) is 0 Å². The Morgan fingerprint density at radius 1 is 1.24 bits per heavy atom. The third kappa shape index (κ3) is 7.16. The number of hydrogen-bond donors (Lipinski definition) is 2.